The first-order valence-corrected chi connectivity index (χ1v) is 10.1. The van der Waals surface area contributed by atoms with E-state index in [-0.39, 0.29) is 30.9 Å². The number of hydrogen-bond donors (Lipinski definition) is 1. The number of methoxy groups -OCH3 is 1. The second kappa shape index (κ2) is 8.17. The maximum Gasteiger partial charge on any atom is 0.246 e. The van der Waals surface area contributed by atoms with Crippen LogP contribution in [-0.4, -0.2) is 62.8 Å². The fraction of sp³-hybridized carbons (Fsp3) is 0.600. The summed E-state index contributed by atoms with van der Waals surface area (Å²) >= 11 is 6.36. The first kappa shape index (κ1) is 19.3. The Morgan fingerprint density at radius 3 is 2.46 bits per heavy atom. The van der Waals surface area contributed by atoms with Crippen molar-refractivity contribution in [1.82, 2.24) is 10.2 Å². The monoisotopic (exact) mass is 408 g/mol. The van der Waals surface area contributed by atoms with Crippen LogP contribution in [0.3, 0.4) is 0 Å². The molecule has 1 saturated heterocycles. The molecule has 2 amide bonds. The number of rotatable bonds is 5. The molecular weight excluding hydrogens is 384 g/mol. The summed E-state index contributed by atoms with van der Waals surface area (Å²) in [6.07, 6.45) is 2.28. The molecule has 0 radical (unpaired) electrons. The van der Waals surface area contributed by atoms with E-state index in [1.54, 1.807) is 12.1 Å². The number of fused-ring (bicyclic) bond motifs is 3. The summed E-state index contributed by atoms with van der Waals surface area (Å²) in [5.41, 5.74) is 0.749. The SMILES string of the molecule is COCC(=O)NC1[C@@H]2CC[C@H]1CN(C(=O)Cc1cc3c(cc1Cl)OCCO3)C2. The van der Waals surface area contributed by atoms with Crippen molar-refractivity contribution in [1.29, 1.82) is 0 Å². The van der Waals surface area contributed by atoms with Crippen molar-refractivity contribution in [2.45, 2.75) is 25.3 Å². The van der Waals surface area contributed by atoms with Gasteiger partial charge in [-0.3, -0.25) is 9.59 Å². The van der Waals surface area contributed by atoms with Crippen LogP contribution in [-0.2, 0) is 20.7 Å². The topological polar surface area (TPSA) is 77.1 Å². The molecule has 1 aromatic rings. The predicted molar refractivity (Wildman–Crippen MR) is 103 cm³/mol. The zero-order valence-electron chi connectivity index (χ0n) is 15.9. The van der Waals surface area contributed by atoms with Gasteiger partial charge in [0.1, 0.15) is 19.8 Å². The Bertz CT molecular complexity index is 757. The Balaban J connectivity index is 1.40. The summed E-state index contributed by atoms with van der Waals surface area (Å²) in [6, 6.07) is 3.66. The maximum absolute atomic E-state index is 12.9. The average Bonchev–Trinajstić information content (AvgIpc) is 2.89. The Kier molecular flexibility index (Phi) is 5.64. The highest BCUT2D eigenvalue weighted by Crippen LogP contribution is 2.38. The van der Waals surface area contributed by atoms with Crippen LogP contribution in [0.5, 0.6) is 11.5 Å². The smallest absolute Gasteiger partial charge is 0.246 e. The number of halogens is 1. The van der Waals surface area contributed by atoms with Crippen molar-refractivity contribution in [3.63, 3.8) is 0 Å². The van der Waals surface area contributed by atoms with E-state index in [2.05, 4.69) is 5.32 Å². The Labute approximate surface area is 169 Å². The van der Waals surface area contributed by atoms with Gasteiger partial charge in [0.25, 0.3) is 0 Å². The van der Waals surface area contributed by atoms with Crippen molar-refractivity contribution in [2.24, 2.45) is 11.8 Å². The summed E-state index contributed by atoms with van der Waals surface area (Å²) in [5, 5.41) is 3.60. The van der Waals surface area contributed by atoms with Crippen LogP contribution in [0.15, 0.2) is 12.1 Å². The molecule has 1 unspecified atom stereocenters. The third-order valence-electron chi connectivity index (χ3n) is 5.84. The van der Waals surface area contributed by atoms with Gasteiger partial charge in [0, 0.05) is 37.3 Å². The Hall–Kier alpha value is -1.99. The minimum atomic E-state index is -0.0905. The molecule has 152 valence electrons. The number of hydrogen-bond acceptors (Lipinski definition) is 5. The lowest BCUT2D eigenvalue weighted by Crippen LogP contribution is -2.54. The van der Waals surface area contributed by atoms with Crippen molar-refractivity contribution < 1.29 is 23.8 Å². The molecule has 4 rings (SSSR count). The van der Waals surface area contributed by atoms with Gasteiger partial charge in [-0.25, -0.2) is 0 Å². The van der Waals surface area contributed by atoms with Gasteiger partial charge in [-0.1, -0.05) is 11.6 Å². The number of carbonyl (C=O) groups excluding carboxylic acids is 2. The lowest BCUT2D eigenvalue weighted by Gasteiger charge is -2.38. The van der Waals surface area contributed by atoms with E-state index in [4.69, 9.17) is 25.8 Å². The summed E-state index contributed by atoms with van der Waals surface area (Å²) < 4.78 is 16.0. The van der Waals surface area contributed by atoms with Crippen molar-refractivity contribution in [3.05, 3.63) is 22.7 Å². The van der Waals surface area contributed by atoms with E-state index in [9.17, 15) is 9.59 Å². The number of amides is 2. The van der Waals surface area contributed by atoms with Crippen LogP contribution in [0.4, 0.5) is 0 Å². The van der Waals surface area contributed by atoms with Crippen molar-refractivity contribution in [3.8, 4) is 11.5 Å². The van der Waals surface area contributed by atoms with Gasteiger partial charge in [-0.2, -0.15) is 0 Å². The molecule has 8 heteroatoms. The maximum atomic E-state index is 12.9. The van der Waals surface area contributed by atoms with Gasteiger partial charge in [0.2, 0.25) is 11.8 Å². The zero-order chi connectivity index (χ0) is 19.7. The number of benzene rings is 1. The van der Waals surface area contributed by atoms with Crippen LogP contribution in [0.1, 0.15) is 18.4 Å². The van der Waals surface area contributed by atoms with Gasteiger partial charge in [0.05, 0.1) is 6.42 Å². The molecule has 2 aliphatic heterocycles. The largest absolute Gasteiger partial charge is 0.486 e. The van der Waals surface area contributed by atoms with E-state index in [1.165, 1.54) is 7.11 Å². The standard InChI is InChI=1S/C20H25ClN2O5/c1-26-11-18(24)22-20-12-2-3-13(20)10-23(9-12)19(25)7-14-6-16-17(8-15(14)21)28-5-4-27-16/h6,8,12-13,20H,2-5,7,9-11H2,1H3,(H,22,24)/t12-,13+,20?. The molecule has 0 spiro atoms. The lowest BCUT2D eigenvalue weighted by molar-refractivity contribution is -0.133. The predicted octanol–water partition coefficient (Wildman–Crippen LogP) is 1.65. The highest BCUT2D eigenvalue weighted by Gasteiger charge is 2.43. The molecule has 1 N–H and O–H groups in total. The molecular formula is C20H25ClN2O5. The fourth-order valence-corrected chi connectivity index (χ4v) is 4.76. The van der Waals surface area contributed by atoms with Crippen LogP contribution in [0.2, 0.25) is 5.02 Å². The van der Waals surface area contributed by atoms with Crippen LogP contribution < -0.4 is 14.8 Å². The molecule has 3 aliphatic rings. The number of piperidine rings is 1. The molecule has 28 heavy (non-hydrogen) atoms. The molecule has 1 aromatic carbocycles. The van der Waals surface area contributed by atoms with Gasteiger partial charge >= 0.3 is 0 Å². The first-order valence-electron chi connectivity index (χ1n) is 9.69. The molecule has 0 aromatic heterocycles. The van der Waals surface area contributed by atoms with Crippen LogP contribution in [0.25, 0.3) is 0 Å². The molecule has 2 heterocycles. The Morgan fingerprint density at radius 1 is 1.18 bits per heavy atom. The number of nitrogens with zero attached hydrogens (tertiary/aromatic N) is 1. The number of nitrogens with one attached hydrogen (secondary N) is 1. The quantitative estimate of drug-likeness (QED) is 0.801. The first-order chi connectivity index (χ1) is 13.5. The summed E-state index contributed by atoms with van der Waals surface area (Å²) in [4.78, 5) is 26.7. The lowest BCUT2D eigenvalue weighted by atomic mass is 9.91. The average molecular weight is 409 g/mol. The third-order valence-corrected chi connectivity index (χ3v) is 6.19. The van der Waals surface area contributed by atoms with Crippen LogP contribution >= 0.6 is 11.6 Å². The van der Waals surface area contributed by atoms with Crippen molar-refractivity contribution in [2.75, 3.05) is 40.0 Å². The fourth-order valence-electron chi connectivity index (χ4n) is 4.54. The molecule has 1 aliphatic carbocycles. The third kappa shape index (κ3) is 3.91. The van der Waals surface area contributed by atoms with Gasteiger partial charge in [0.15, 0.2) is 11.5 Å². The van der Waals surface area contributed by atoms with Gasteiger partial charge in [-0.15, -0.1) is 0 Å². The minimum absolute atomic E-state index is 0.0529. The molecule has 1 saturated carbocycles. The second-order valence-electron chi connectivity index (χ2n) is 7.69. The van der Waals surface area contributed by atoms with E-state index >= 15 is 0 Å². The Morgan fingerprint density at radius 2 is 1.82 bits per heavy atom. The summed E-state index contributed by atoms with van der Waals surface area (Å²) in [7, 11) is 1.51. The van der Waals surface area contributed by atoms with Gasteiger partial charge in [-0.05, 0) is 36.3 Å². The normalized spacial score (nSPS) is 25.5. The van der Waals surface area contributed by atoms with E-state index in [0.29, 0.717) is 54.7 Å². The zero-order valence-corrected chi connectivity index (χ0v) is 16.7. The van der Waals surface area contributed by atoms with Gasteiger partial charge < -0.3 is 24.4 Å². The second-order valence-corrected chi connectivity index (χ2v) is 8.09. The number of carbonyl (C=O) groups is 2. The highest BCUT2D eigenvalue weighted by atomic mass is 35.5. The highest BCUT2D eigenvalue weighted by molar-refractivity contribution is 6.31. The molecule has 3 atom stereocenters. The number of likely N-dealkylation sites (tertiary alicyclic amines) is 1. The molecule has 7 nitrogen and oxygen atoms in total. The van der Waals surface area contributed by atoms with E-state index in [1.807, 2.05) is 4.90 Å². The van der Waals surface area contributed by atoms with E-state index in [0.717, 1.165) is 18.4 Å². The van der Waals surface area contributed by atoms with Crippen molar-refractivity contribution >= 4 is 23.4 Å². The summed E-state index contributed by atoms with van der Waals surface area (Å²) in [5.74, 6) is 1.80. The summed E-state index contributed by atoms with van der Waals surface area (Å²) in [6.45, 7) is 2.39. The van der Waals surface area contributed by atoms with E-state index < -0.39 is 0 Å². The molecule has 2 fully saturated rings. The number of ether oxygens (including phenoxy) is 3. The molecule has 2 bridgehead atoms. The van der Waals surface area contributed by atoms with Crippen LogP contribution in [0, 0.1) is 11.8 Å². The minimum Gasteiger partial charge on any atom is -0.486 e.